The molecule has 0 aliphatic carbocycles. The normalized spacial score (nSPS) is 8.45. The molecular formula is C5H9ClN4S. The van der Waals surface area contributed by atoms with E-state index >= 15 is 0 Å². The second-order valence-corrected chi connectivity index (χ2v) is 2.34. The van der Waals surface area contributed by atoms with Crippen LogP contribution >= 0.6 is 24.6 Å². The number of nitrogens with zero attached hydrogens (tertiary/aromatic N) is 1. The highest BCUT2D eigenvalue weighted by Crippen LogP contribution is 1.98. The van der Waals surface area contributed by atoms with E-state index in [2.05, 4.69) is 27.5 Å². The molecule has 0 saturated carbocycles. The molecule has 4 nitrogen and oxygen atoms in total. The van der Waals surface area contributed by atoms with Crippen LogP contribution in [0.5, 0.6) is 0 Å². The first-order chi connectivity index (χ1) is 4.68. The number of nitrogens with one attached hydrogen (secondary N) is 2. The fraction of sp³-hybridized carbons (Fsp3) is 0.200. The van der Waals surface area contributed by atoms with Crippen molar-refractivity contribution in [2.45, 2.75) is 6.92 Å². The zero-order valence-electron chi connectivity index (χ0n) is 5.92. The molecule has 0 spiro atoms. The van der Waals surface area contributed by atoms with Gasteiger partial charge in [0.25, 0.3) is 0 Å². The highest BCUT2D eigenvalue weighted by molar-refractivity contribution is 7.80. The number of hydrogen-bond donors (Lipinski definition) is 3. The van der Waals surface area contributed by atoms with E-state index in [4.69, 9.17) is 5.73 Å². The van der Waals surface area contributed by atoms with Gasteiger partial charge in [-0.2, -0.15) is 0 Å². The van der Waals surface area contributed by atoms with Crippen molar-refractivity contribution in [1.82, 2.24) is 9.97 Å². The van der Waals surface area contributed by atoms with Crippen LogP contribution in [-0.2, 0) is 0 Å². The van der Waals surface area contributed by atoms with Crippen molar-refractivity contribution in [1.29, 1.82) is 0 Å². The summed E-state index contributed by atoms with van der Waals surface area (Å²) in [7, 11) is 0. The fourth-order valence-corrected chi connectivity index (χ4v) is 0.690. The molecule has 6 heteroatoms. The minimum absolute atomic E-state index is 0. The van der Waals surface area contributed by atoms with E-state index in [9.17, 15) is 0 Å². The SMILES string of the molecule is Cc1cnc(NC(N)=S)[nH]1.Cl. The number of aromatic nitrogens is 2. The highest BCUT2D eigenvalue weighted by Gasteiger charge is 1.94. The number of H-pyrrole nitrogens is 1. The van der Waals surface area contributed by atoms with Crippen LogP contribution in [0.2, 0.25) is 0 Å². The van der Waals surface area contributed by atoms with E-state index < -0.39 is 0 Å². The third kappa shape index (κ3) is 3.20. The van der Waals surface area contributed by atoms with Gasteiger partial charge in [-0.1, -0.05) is 0 Å². The Morgan fingerprint density at radius 2 is 2.45 bits per heavy atom. The maximum atomic E-state index is 5.19. The minimum Gasteiger partial charge on any atom is -0.376 e. The molecule has 0 fully saturated rings. The lowest BCUT2D eigenvalue weighted by atomic mass is 10.6. The molecule has 11 heavy (non-hydrogen) atoms. The molecule has 0 amide bonds. The van der Waals surface area contributed by atoms with Gasteiger partial charge in [0.2, 0.25) is 5.95 Å². The summed E-state index contributed by atoms with van der Waals surface area (Å²) in [6.45, 7) is 1.90. The average molecular weight is 193 g/mol. The number of hydrogen-bond acceptors (Lipinski definition) is 2. The van der Waals surface area contributed by atoms with Gasteiger partial charge in [-0.25, -0.2) is 4.98 Å². The second-order valence-electron chi connectivity index (χ2n) is 1.90. The molecule has 0 aliphatic heterocycles. The van der Waals surface area contributed by atoms with E-state index in [0.29, 0.717) is 5.95 Å². The zero-order valence-corrected chi connectivity index (χ0v) is 7.55. The van der Waals surface area contributed by atoms with Crippen LogP contribution in [0.3, 0.4) is 0 Å². The van der Waals surface area contributed by atoms with Gasteiger partial charge in [-0.05, 0) is 19.1 Å². The number of halogens is 1. The average Bonchev–Trinajstić information content (AvgIpc) is 2.13. The Morgan fingerprint density at radius 3 is 2.82 bits per heavy atom. The molecule has 62 valence electrons. The quantitative estimate of drug-likeness (QED) is 0.576. The summed E-state index contributed by atoms with van der Waals surface area (Å²) < 4.78 is 0. The maximum absolute atomic E-state index is 5.19. The highest BCUT2D eigenvalue weighted by atomic mass is 35.5. The van der Waals surface area contributed by atoms with Crippen molar-refractivity contribution in [3.63, 3.8) is 0 Å². The lowest BCUT2D eigenvalue weighted by Crippen LogP contribution is -2.19. The Hall–Kier alpha value is -0.810. The molecule has 0 aromatic carbocycles. The monoisotopic (exact) mass is 192 g/mol. The topological polar surface area (TPSA) is 66.7 Å². The molecule has 0 bridgehead atoms. The first kappa shape index (κ1) is 10.2. The number of aromatic amines is 1. The third-order valence-electron chi connectivity index (χ3n) is 0.944. The summed E-state index contributed by atoms with van der Waals surface area (Å²) in [4.78, 5) is 6.84. The summed E-state index contributed by atoms with van der Waals surface area (Å²) >= 11 is 4.59. The Kier molecular flexibility index (Phi) is 3.84. The largest absolute Gasteiger partial charge is 0.376 e. The number of anilines is 1. The molecule has 0 saturated heterocycles. The molecule has 0 radical (unpaired) electrons. The molecule has 0 unspecified atom stereocenters. The van der Waals surface area contributed by atoms with Crippen LogP contribution in [0.15, 0.2) is 6.20 Å². The van der Waals surface area contributed by atoms with Crippen molar-refractivity contribution < 1.29 is 0 Å². The Bertz CT molecular complexity index is 246. The van der Waals surface area contributed by atoms with E-state index in [-0.39, 0.29) is 17.5 Å². The summed E-state index contributed by atoms with van der Waals surface area (Å²) in [5.41, 5.74) is 6.17. The van der Waals surface area contributed by atoms with Crippen molar-refractivity contribution in [2.75, 3.05) is 5.32 Å². The number of rotatable bonds is 1. The molecule has 0 aliphatic rings. The number of nitrogens with two attached hydrogens (primary N) is 1. The summed E-state index contributed by atoms with van der Waals surface area (Å²) in [6.07, 6.45) is 1.70. The second kappa shape index (κ2) is 4.15. The number of aryl methyl sites for hydroxylation is 1. The van der Waals surface area contributed by atoms with Gasteiger partial charge < -0.3 is 16.0 Å². The lowest BCUT2D eigenvalue weighted by Gasteiger charge is -1.95. The van der Waals surface area contributed by atoms with E-state index in [1.807, 2.05) is 6.92 Å². The molecule has 1 rings (SSSR count). The minimum atomic E-state index is 0. The molecule has 4 N–H and O–H groups in total. The van der Waals surface area contributed by atoms with Gasteiger partial charge >= 0.3 is 0 Å². The Morgan fingerprint density at radius 1 is 1.82 bits per heavy atom. The number of thiocarbonyl (C=S) groups is 1. The molecule has 1 aromatic rings. The Balaban J connectivity index is 0.000001000. The predicted octanol–water partition coefficient (Wildman–Crippen LogP) is 0.795. The van der Waals surface area contributed by atoms with Crippen LogP contribution in [0, 0.1) is 6.92 Å². The van der Waals surface area contributed by atoms with Crippen LogP contribution in [0.4, 0.5) is 5.95 Å². The number of imidazole rings is 1. The molecule has 1 heterocycles. The maximum Gasteiger partial charge on any atom is 0.206 e. The van der Waals surface area contributed by atoms with Crippen LogP contribution in [0.25, 0.3) is 0 Å². The van der Waals surface area contributed by atoms with Gasteiger partial charge in [0.15, 0.2) is 5.11 Å². The van der Waals surface area contributed by atoms with Gasteiger partial charge in [0.1, 0.15) is 0 Å². The van der Waals surface area contributed by atoms with Crippen molar-refractivity contribution in [2.24, 2.45) is 5.73 Å². The smallest absolute Gasteiger partial charge is 0.206 e. The van der Waals surface area contributed by atoms with Crippen molar-refractivity contribution in [3.05, 3.63) is 11.9 Å². The van der Waals surface area contributed by atoms with Crippen LogP contribution in [0.1, 0.15) is 5.69 Å². The van der Waals surface area contributed by atoms with E-state index in [1.165, 1.54) is 0 Å². The Labute approximate surface area is 76.0 Å². The van der Waals surface area contributed by atoms with Crippen LogP contribution < -0.4 is 11.1 Å². The van der Waals surface area contributed by atoms with Gasteiger partial charge in [-0.3, -0.25) is 0 Å². The van der Waals surface area contributed by atoms with Gasteiger partial charge in [-0.15, -0.1) is 12.4 Å². The summed E-state index contributed by atoms with van der Waals surface area (Å²) in [5.74, 6) is 0.588. The third-order valence-corrected chi connectivity index (χ3v) is 1.05. The van der Waals surface area contributed by atoms with Gasteiger partial charge in [0, 0.05) is 11.9 Å². The van der Waals surface area contributed by atoms with Gasteiger partial charge in [0.05, 0.1) is 0 Å². The summed E-state index contributed by atoms with van der Waals surface area (Å²) in [6, 6.07) is 0. The molecule has 1 aromatic heterocycles. The molecular weight excluding hydrogens is 184 g/mol. The van der Waals surface area contributed by atoms with Crippen LogP contribution in [-0.4, -0.2) is 15.1 Å². The summed E-state index contributed by atoms with van der Waals surface area (Å²) in [5, 5.41) is 2.89. The predicted molar refractivity (Wildman–Crippen MR) is 51.0 cm³/mol. The first-order valence-corrected chi connectivity index (χ1v) is 3.17. The fourth-order valence-electron chi connectivity index (χ4n) is 0.593. The van der Waals surface area contributed by atoms with Crippen molar-refractivity contribution in [3.8, 4) is 0 Å². The zero-order chi connectivity index (χ0) is 7.56. The first-order valence-electron chi connectivity index (χ1n) is 2.76. The lowest BCUT2D eigenvalue weighted by molar-refractivity contribution is 1.25. The van der Waals surface area contributed by atoms with E-state index in [1.54, 1.807) is 6.20 Å². The molecule has 0 atom stereocenters. The van der Waals surface area contributed by atoms with Crippen molar-refractivity contribution >= 4 is 35.7 Å². The standard InChI is InChI=1S/C5H8N4S.ClH/c1-3-2-7-5(8-3)9-4(6)10;/h2H,1H3,(H4,6,7,8,9,10);1H. The van der Waals surface area contributed by atoms with E-state index in [0.717, 1.165) is 5.69 Å².